The number of carbonyl (C=O) groups excluding carboxylic acids is 1. The molecule has 0 aromatic carbocycles. The molecule has 10 heteroatoms. The molecule has 0 saturated carbocycles. The second-order valence-electron chi connectivity index (χ2n) is 6.82. The summed E-state index contributed by atoms with van der Waals surface area (Å²) in [6.07, 6.45) is 4.27. The van der Waals surface area contributed by atoms with Crippen molar-refractivity contribution in [1.29, 1.82) is 0 Å². The zero-order valence-electron chi connectivity index (χ0n) is 14.8. The van der Waals surface area contributed by atoms with Gasteiger partial charge in [-0.05, 0) is 39.8 Å². The van der Waals surface area contributed by atoms with E-state index in [1.54, 1.807) is 21.0 Å². The summed E-state index contributed by atoms with van der Waals surface area (Å²) >= 11 is 0. The van der Waals surface area contributed by atoms with Crippen molar-refractivity contribution in [2.75, 3.05) is 33.4 Å². The number of methoxy groups -OCH3 is 1. The third kappa shape index (κ3) is 4.90. The van der Waals surface area contributed by atoms with Crippen LogP contribution in [0, 0.1) is 15.5 Å². The zero-order valence-corrected chi connectivity index (χ0v) is 15.6. The van der Waals surface area contributed by atoms with Crippen LogP contribution in [0.1, 0.15) is 26.7 Å². The molecule has 1 amide bonds. The van der Waals surface area contributed by atoms with E-state index < -0.39 is 10.5 Å². The Bertz CT molecular complexity index is 593. The summed E-state index contributed by atoms with van der Waals surface area (Å²) in [5.41, 5.74) is -1.23. The number of nitrogens with zero attached hydrogens (tertiary/aromatic N) is 3. The number of amides is 1. The first-order chi connectivity index (χ1) is 11.3. The lowest BCUT2D eigenvalue weighted by Gasteiger charge is -2.38. The van der Waals surface area contributed by atoms with Crippen LogP contribution in [0.15, 0.2) is 12.4 Å². The summed E-state index contributed by atoms with van der Waals surface area (Å²) < 4.78 is 6.67. The molecule has 0 radical (unpaired) electrons. The molecule has 142 valence electrons. The molecule has 1 aliphatic rings. The van der Waals surface area contributed by atoms with E-state index in [1.807, 2.05) is 0 Å². The number of nitrogens with one attached hydrogen (secondary N) is 2. The van der Waals surface area contributed by atoms with Gasteiger partial charge in [-0.3, -0.25) is 19.6 Å². The summed E-state index contributed by atoms with van der Waals surface area (Å²) in [6, 6.07) is 0. The van der Waals surface area contributed by atoms with Crippen LogP contribution in [-0.2, 0) is 15.1 Å². The Morgan fingerprint density at radius 2 is 2.16 bits per heavy atom. The van der Waals surface area contributed by atoms with E-state index in [-0.39, 0.29) is 29.4 Å². The number of piperidine rings is 1. The fraction of sp³-hybridized carbons (Fsp3) is 0.733. The number of halogens is 1. The minimum absolute atomic E-state index is 0. The highest BCUT2D eigenvalue weighted by molar-refractivity contribution is 5.85. The van der Waals surface area contributed by atoms with Crippen LogP contribution in [0.2, 0.25) is 0 Å². The van der Waals surface area contributed by atoms with Gasteiger partial charge in [-0.25, -0.2) is 0 Å². The Kier molecular flexibility index (Phi) is 7.33. The first-order valence-corrected chi connectivity index (χ1v) is 7.98. The van der Waals surface area contributed by atoms with Crippen molar-refractivity contribution in [2.24, 2.45) is 5.41 Å². The lowest BCUT2D eigenvalue weighted by Crippen LogP contribution is -2.51. The molecule has 0 aliphatic carbocycles. The molecule has 0 spiro atoms. The van der Waals surface area contributed by atoms with E-state index in [0.29, 0.717) is 13.2 Å². The average molecular weight is 376 g/mol. The first-order valence-electron chi connectivity index (χ1n) is 7.98. The van der Waals surface area contributed by atoms with Crippen LogP contribution >= 0.6 is 12.4 Å². The Hall–Kier alpha value is -1.71. The summed E-state index contributed by atoms with van der Waals surface area (Å²) in [5, 5.41) is 21.0. The predicted molar refractivity (Wildman–Crippen MR) is 94.9 cm³/mol. The molecule has 2 N–H and O–H groups in total. The van der Waals surface area contributed by atoms with Crippen molar-refractivity contribution in [3.63, 3.8) is 0 Å². The van der Waals surface area contributed by atoms with Gasteiger partial charge in [0.2, 0.25) is 5.91 Å². The van der Waals surface area contributed by atoms with Crippen molar-refractivity contribution in [1.82, 2.24) is 20.4 Å². The van der Waals surface area contributed by atoms with Gasteiger partial charge in [0.1, 0.15) is 17.9 Å². The molecule has 1 aliphatic heterocycles. The maximum absolute atomic E-state index is 12.6. The monoisotopic (exact) mass is 375 g/mol. The fourth-order valence-electron chi connectivity index (χ4n) is 2.94. The molecule has 0 bridgehead atoms. The van der Waals surface area contributed by atoms with Gasteiger partial charge in [0.15, 0.2) is 0 Å². The standard InChI is InChI=1S/C15H25N5O4.ClH/c1-14(2,19-9-12(8-18-19)20(22)23)13(21)17-10-15(11-24-3)4-6-16-7-5-15;/h8-9,16H,4-7,10-11H2,1-3H3,(H,17,21);1H. The number of carbonyl (C=O) groups is 1. The number of hydrogen-bond donors (Lipinski definition) is 2. The van der Waals surface area contributed by atoms with Crippen LogP contribution in [0.5, 0.6) is 0 Å². The van der Waals surface area contributed by atoms with Crippen molar-refractivity contribution in [3.8, 4) is 0 Å². The molecule has 1 aromatic rings. The number of rotatable bonds is 7. The number of nitro groups is 1. The van der Waals surface area contributed by atoms with Crippen LogP contribution in [-0.4, -0.2) is 54.0 Å². The average Bonchev–Trinajstić information content (AvgIpc) is 3.05. The minimum Gasteiger partial charge on any atom is -0.384 e. The summed E-state index contributed by atoms with van der Waals surface area (Å²) in [6.45, 7) is 6.26. The van der Waals surface area contributed by atoms with Gasteiger partial charge in [0, 0.05) is 19.1 Å². The summed E-state index contributed by atoms with van der Waals surface area (Å²) in [5.74, 6) is -0.227. The minimum atomic E-state index is -1.02. The van der Waals surface area contributed by atoms with E-state index in [2.05, 4.69) is 15.7 Å². The zero-order chi connectivity index (χ0) is 17.8. The van der Waals surface area contributed by atoms with E-state index in [0.717, 1.165) is 32.1 Å². The highest BCUT2D eigenvalue weighted by atomic mass is 35.5. The molecule has 2 rings (SSSR count). The fourth-order valence-corrected chi connectivity index (χ4v) is 2.94. The Balaban J connectivity index is 0.00000312. The van der Waals surface area contributed by atoms with E-state index in [9.17, 15) is 14.9 Å². The Labute approximate surface area is 153 Å². The molecule has 25 heavy (non-hydrogen) atoms. The Morgan fingerprint density at radius 1 is 1.52 bits per heavy atom. The van der Waals surface area contributed by atoms with Crippen LogP contribution in [0.4, 0.5) is 5.69 Å². The lowest BCUT2D eigenvalue weighted by atomic mass is 9.79. The maximum Gasteiger partial charge on any atom is 0.307 e. The van der Waals surface area contributed by atoms with Gasteiger partial charge in [-0.2, -0.15) is 5.10 Å². The van der Waals surface area contributed by atoms with Crippen molar-refractivity contribution >= 4 is 24.0 Å². The van der Waals surface area contributed by atoms with E-state index >= 15 is 0 Å². The topological polar surface area (TPSA) is 111 Å². The van der Waals surface area contributed by atoms with Crippen LogP contribution < -0.4 is 10.6 Å². The molecular formula is C15H26ClN5O4. The van der Waals surface area contributed by atoms with Gasteiger partial charge in [-0.15, -0.1) is 12.4 Å². The predicted octanol–water partition coefficient (Wildman–Crippen LogP) is 1.08. The molecule has 1 fully saturated rings. The largest absolute Gasteiger partial charge is 0.384 e. The molecule has 0 unspecified atom stereocenters. The summed E-state index contributed by atoms with van der Waals surface area (Å²) in [4.78, 5) is 22.9. The third-order valence-electron chi connectivity index (χ3n) is 4.65. The van der Waals surface area contributed by atoms with Crippen molar-refractivity contribution in [3.05, 3.63) is 22.5 Å². The van der Waals surface area contributed by atoms with Gasteiger partial charge < -0.3 is 15.4 Å². The normalized spacial score (nSPS) is 16.8. The Morgan fingerprint density at radius 3 is 2.68 bits per heavy atom. The lowest BCUT2D eigenvalue weighted by molar-refractivity contribution is -0.385. The number of hydrogen-bond acceptors (Lipinski definition) is 6. The third-order valence-corrected chi connectivity index (χ3v) is 4.65. The molecule has 9 nitrogen and oxygen atoms in total. The van der Waals surface area contributed by atoms with E-state index in [1.165, 1.54) is 10.9 Å². The molecule has 2 heterocycles. The molecule has 0 atom stereocenters. The first kappa shape index (κ1) is 21.3. The maximum atomic E-state index is 12.6. The number of ether oxygens (including phenoxy) is 1. The van der Waals surface area contributed by atoms with E-state index in [4.69, 9.17) is 4.74 Å². The quantitative estimate of drug-likeness (QED) is 0.545. The van der Waals surface area contributed by atoms with Crippen molar-refractivity contribution in [2.45, 2.75) is 32.2 Å². The van der Waals surface area contributed by atoms with Gasteiger partial charge >= 0.3 is 5.69 Å². The number of aromatic nitrogens is 2. The SMILES string of the molecule is COCC1(CNC(=O)C(C)(C)n2cc([N+](=O)[O-])cn2)CCNCC1.Cl. The second-order valence-corrected chi connectivity index (χ2v) is 6.82. The summed E-state index contributed by atoms with van der Waals surface area (Å²) in [7, 11) is 1.67. The highest BCUT2D eigenvalue weighted by Gasteiger charge is 2.36. The smallest absolute Gasteiger partial charge is 0.307 e. The van der Waals surface area contributed by atoms with Crippen molar-refractivity contribution < 1.29 is 14.5 Å². The van der Waals surface area contributed by atoms with Crippen LogP contribution in [0.25, 0.3) is 0 Å². The van der Waals surface area contributed by atoms with Crippen LogP contribution in [0.3, 0.4) is 0 Å². The molecule has 1 saturated heterocycles. The van der Waals surface area contributed by atoms with Gasteiger partial charge in [0.25, 0.3) is 0 Å². The molecule has 1 aromatic heterocycles. The second kappa shape index (κ2) is 8.59. The van der Waals surface area contributed by atoms with Gasteiger partial charge in [-0.1, -0.05) is 0 Å². The highest BCUT2D eigenvalue weighted by Crippen LogP contribution is 2.28. The van der Waals surface area contributed by atoms with Gasteiger partial charge in [0.05, 0.1) is 11.5 Å². The molecular weight excluding hydrogens is 350 g/mol.